The molecule has 0 saturated heterocycles. The fourth-order valence-corrected chi connectivity index (χ4v) is 1.75. The maximum absolute atomic E-state index is 5.88. The van der Waals surface area contributed by atoms with E-state index in [1.165, 1.54) is 0 Å². The monoisotopic (exact) mass is 257 g/mol. The number of benzene rings is 1. The van der Waals surface area contributed by atoms with Crippen LogP contribution < -0.4 is 9.47 Å². The van der Waals surface area contributed by atoms with Gasteiger partial charge in [0.25, 0.3) is 0 Å². The van der Waals surface area contributed by atoms with Crippen molar-refractivity contribution in [3.63, 3.8) is 0 Å². The van der Waals surface area contributed by atoms with E-state index in [0.717, 1.165) is 25.4 Å². The van der Waals surface area contributed by atoms with Crippen LogP contribution in [-0.4, -0.2) is 38.3 Å². The standard InChI is InChI=1S/C13H20ClNO2/c1-4-15(5-2)8-9-17-12-7-6-11(14)10-13(12)16-3/h6-7,10H,4-5,8-9H2,1-3H3. The van der Waals surface area contributed by atoms with Crippen LogP contribution in [0.5, 0.6) is 11.5 Å². The third-order valence-corrected chi connectivity index (χ3v) is 2.92. The molecule has 0 aliphatic carbocycles. The Hall–Kier alpha value is -0.930. The van der Waals surface area contributed by atoms with Gasteiger partial charge in [0.1, 0.15) is 6.61 Å². The lowest BCUT2D eigenvalue weighted by atomic mass is 10.3. The molecule has 17 heavy (non-hydrogen) atoms. The van der Waals surface area contributed by atoms with E-state index in [1.807, 2.05) is 6.07 Å². The normalized spacial score (nSPS) is 10.6. The summed E-state index contributed by atoms with van der Waals surface area (Å²) in [5, 5.41) is 0.651. The predicted molar refractivity (Wildman–Crippen MR) is 71.3 cm³/mol. The van der Waals surface area contributed by atoms with Gasteiger partial charge < -0.3 is 14.4 Å². The molecule has 0 bridgehead atoms. The maximum Gasteiger partial charge on any atom is 0.162 e. The largest absolute Gasteiger partial charge is 0.493 e. The first-order valence-electron chi connectivity index (χ1n) is 5.90. The van der Waals surface area contributed by atoms with E-state index in [2.05, 4.69) is 18.7 Å². The van der Waals surface area contributed by atoms with Crippen LogP contribution in [0.2, 0.25) is 5.02 Å². The van der Waals surface area contributed by atoms with Crippen molar-refractivity contribution in [1.82, 2.24) is 4.90 Å². The zero-order valence-electron chi connectivity index (χ0n) is 10.7. The molecule has 0 saturated carbocycles. The molecule has 1 rings (SSSR count). The van der Waals surface area contributed by atoms with E-state index in [4.69, 9.17) is 21.1 Å². The van der Waals surface area contributed by atoms with E-state index in [9.17, 15) is 0 Å². The van der Waals surface area contributed by atoms with Crippen molar-refractivity contribution >= 4 is 11.6 Å². The summed E-state index contributed by atoms with van der Waals surface area (Å²) in [6, 6.07) is 5.40. The first kappa shape index (κ1) is 14.1. The Balaban J connectivity index is 2.51. The summed E-state index contributed by atoms with van der Waals surface area (Å²) in [4.78, 5) is 2.31. The minimum Gasteiger partial charge on any atom is -0.493 e. The highest BCUT2D eigenvalue weighted by Crippen LogP contribution is 2.29. The second kappa shape index (κ2) is 7.41. The fourth-order valence-electron chi connectivity index (χ4n) is 1.59. The van der Waals surface area contributed by atoms with Gasteiger partial charge in [-0.1, -0.05) is 25.4 Å². The number of ether oxygens (including phenoxy) is 2. The Labute approximate surface area is 108 Å². The summed E-state index contributed by atoms with van der Waals surface area (Å²) in [6.45, 7) is 7.94. The van der Waals surface area contributed by atoms with Gasteiger partial charge in [-0.05, 0) is 25.2 Å². The molecule has 0 aliphatic rings. The van der Waals surface area contributed by atoms with Crippen LogP contribution in [0, 0.1) is 0 Å². The van der Waals surface area contributed by atoms with Gasteiger partial charge in [-0.25, -0.2) is 0 Å². The van der Waals surface area contributed by atoms with Gasteiger partial charge in [-0.15, -0.1) is 0 Å². The average Bonchev–Trinajstić information content (AvgIpc) is 2.36. The molecule has 0 heterocycles. The molecule has 0 radical (unpaired) electrons. The van der Waals surface area contributed by atoms with E-state index in [1.54, 1.807) is 19.2 Å². The quantitative estimate of drug-likeness (QED) is 0.749. The Bertz CT molecular complexity index is 340. The topological polar surface area (TPSA) is 21.7 Å². The van der Waals surface area contributed by atoms with Crippen molar-refractivity contribution in [2.75, 3.05) is 33.4 Å². The highest BCUT2D eigenvalue weighted by molar-refractivity contribution is 6.30. The summed E-state index contributed by atoms with van der Waals surface area (Å²) in [5.74, 6) is 1.42. The Kier molecular flexibility index (Phi) is 6.16. The number of hydrogen-bond acceptors (Lipinski definition) is 3. The number of rotatable bonds is 7. The van der Waals surface area contributed by atoms with E-state index in [0.29, 0.717) is 17.4 Å². The van der Waals surface area contributed by atoms with E-state index in [-0.39, 0.29) is 0 Å². The minimum atomic E-state index is 0.651. The van der Waals surface area contributed by atoms with Gasteiger partial charge >= 0.3 is 0 Å². The summed E-state index contributed by atoms with van der Waals surface area (Å²) >= 11 is 5.88. The van der Waals surface area contributed by atoms with E-state index < -0.39 is 0 Å². The number of nitrogens with zero attached hydrogens (tertiary/aromatic N) is 1. The molecule has 0 aromatic heterocycles. The fraction of sp³-hybridized carbons (Fsp3) is 0.538. The first-order valence-corrected chi connectivity index (χ1v) is 6.27. The van der Waals surface area contributed by atoms with Crippen molar-refractivity contribution in [3.8, 4) is 11.5 Å². The van der Waals surface area contributed by atoms with Crippen molar-refractivity contribution in [1.29, 1.82) is 0 Å². The highest BCUT2D eigenvalue weighted by atomic mass is 35.5. The van der Waals surface area contributed by atoms with Crippen LogP contribution in [0.4, 0.5) is 0 Å². The Morgan fingerprint density at radius 2 is 1.88 bits per heavy atom. The number of likely N-dealkylation sites (N-methyl/N-ethyl adjacent to an activating group) is 1. The molecule has 0 amide bonds. The Morgan fingerprint density at radius 1 is 1.18 bits per heavy atom. The summed E-state index contributed by atoms with van der Waals surface area (Å²) in [6.07, 6.45) is 0. The molecule has 0 atom stereocenters. The second-order valence-corrected chi connectivity index (χ2v) is 4.11. The molecule has 3 nitrogen and oxygen atoms in total. The number of hydrogen-bond donors (Lipinski definition) is 0. The van der Waals surface area contributed by atoms with Gasteiger partial charge in [-0.2, -0.15) is 0 Å². The predicted octanol–water partition coefficient (Wildman–Crippen LogP) is 3.07. The first-order chi connectivity index (χ1) is 8.21. The van der Waals surface area contributed by atoms with E-state index >= 15 is 0 Å². The molecule has 0 N–H and O–H groups in total. The summed E-state index contributed by atoms with van der Waals surface area (Å²) in [5.41, 5.74) is 0. The number of halogens is 1. The highest BCUT2D eigenvalue weighted by Gasteiger charge is 2.05. The van der Waals surface area contributed by atoms with Gasteiger partial charge in [-0.3, -0.25) is 0 Å². The van der Waals surface area contributed by atoms with Crippen LogP contribution in [0.1, 0.15) is 13.8 Å². The van der Waals surface area contributed by atoms with Crippen molar-refractivity contribution < 1.29 is 9.47 Å². The van der Waals surface area contributed by atoms with Crippen molar-refractivity contribution in [2.24, 2.45) is 0 Å². The third-order valence-electron chi connectivity index (χ3n) is 2.69. The molecule has 4 heteroatoms. The van der Waals surface area contributed by atoms with Gasteiger partial charge in [0.05, 0.1) is 7.11 Å². The maximum atomic E-state index is 5.88. The van der Waals surface area contributed by atoms with Crippen LogP contribution in [0.15, 0.2) is 18.2 Å². The molecular formula is C13H20ClNO2. The van der Waals surface area contributed by atoms with Crippen LogP contribution in [0.25, 0.3) is 0 Å². The zero-order valence-corrected chi connectivity index (χ0v) is 11.5. The second-order valence-electron chi connectivity index (χ2n) is 3.67. The molecule has 1 aromatic carbocycles. The van der Waals surface area contributed by atoms with Crippen LogP contribution in [0.3, 0.4) is 0 Å². The zero-order chi connectivity index (χ0) is 12.7. The van der Waals surface area contributed by atoms with Crippen LogP contribution in [-0.2, 0) is 0 Å². The summed E-state index contributed by atoms with van der Waals surface area (Å²) in [7, 11) is 1.61. The molecule has 0 spiro atoms. The molecule has 0 fully saturated rings. The lowest BCUT2D eigenvalue weighted by Crippen LogP contribution is -2.27. The molecule has 0 unspecified atom stereocenters. The van der Waals surface area contributed by atoms with Gasteiger partial charge in [0.15, 0.2) is 11.5 Å². The van der Waals surface area contributed by atoms with Crippen molar-refractivity contribution in [3.05, 3.63) is 23.2 Å². The minimum absolute atomic E-state index is 0.651. The third kappa shape index (κ3) is 4.44. The molecule has 1 aromatic rings. The molecular weight excluding hydrogens is 238 g/mol. The lowest BCUT2D eigenvalue weighted by molar-refractivity contribution is 0.217. The lowest BCUT2D eigenvalue weighted by Gasteiger charge is -2.18. The average molecular weight is 258 g/mol. The smallest absolute Gasteiger partial charge is 0.162 e. The number of methoxy groups -OCH3 is 1. The van der Waals surface area contributed by atoms with Gasteiger partial charge in [0.2, 0.25) is 0 Å². The van der Waals surface area contributed by atoms with Crippen LogP contribution >= 0.6 is 11.6 Å². The summed E-state index contributed by atoms with van der Waals surface area (Å²) < 4.78 is 10.9. The van der Waals surface area contributed by atoms with Gasteiger partial charge in [0, 0.05) is 17.6 Å². The Morgan fingerprint density at radius 3 is 2.47 bits per heavy atom. The van der Waals surface area contributed by atoms with Crippen molar-refractivity contribution in [2.45, 2.75) is 13.8 Å². The molecule has 0 aliphatic heterocycles. The molecule has 96 valence electrons. The SMILES string of the molecule is CCN(CC)CCOc1ccc(Cl)cc1OC.